The average molecular weight is 492 g/mol. The van der Waals surface area contributed by atoms with Crippen molar-refractivity contribution in [3.8, 4) is 23.0 Å². The number of sulfone groups is 1. The summed E-state index contributed by atoms with van der Waals surface area (Å²) in [6.07, 6.45) is 3.36. The van der Waals surface area contributed by atoms with Crippen LogP contribution in [0.5, 0.6) is 11.8 Å². The van der Waals surface area contributed by atoms with E-state index in [-0.39, 0.29) is 28.8 Å². The lowest BCUT2D eigenvalue weighted by molar-refractivity contribution is 0.407. The molecule has 1 aromatic carbocycles. The zero-order valence-corrected chi connectivity index (χ0v) is 20.3. The normalized spacial score (nSPS) is 11.7. The monoisotopic (exact) mass is 491 g/mol. The number of hydrogen-bond donors (Lipinski definition) is 0. The van der Waals surface area contributed by atoms with E-state index in [4.69, 9.17) is 4.74 Å². The van der Waals surface area contributed by atoms with Gasteiger partial charge in [0.05, 0.1) is 22.4 Å². The van der Waals surface area contributed by atoms with Crippen molar-refractivity contribution in [1.29, 1.82) is 0 Å². The van der Waals surface area contributed by atoms with Crippen LogP contribution in [0.25, 0.3) is 11.3 Å². The first-order valence-electron chi connectivity index (χ1n) is 10.9. The van der Waals surface area contributed by atoms with Crippen molar-refractivity contribution in [3.63, 3.8) is 0 Å². The lowest BCUT2D eigenvalue weighted by atomic mass is 10.1. The second kappa shape index (κ2) is 10.4. The minimum Gasteiger partial charge on any atom is -0.421 e. The third-order valence-electron chi connectivity index (χ3n) is 5.23. The zero-order valence-electron chi connectivity index (χ0n) is 19.5. The number of rotatable bonds is 9. The van der Waals surface area contributed by atoms with Crippen molar-refractivity contribution in [2.75, 3.05) is 0 Å². The molecule has 0 saturated heterocycles. The minimum atomic E-state index is -3.51. The highest BCUT2D eigenvalue weighted by Crippen LogP contribution is 2.27. The maximum atomic E-state index is 14.2. The third-order valence-corrected chi connectivity index (χ3v) is 7.37. The molecule has 0 aliphatic carbocycles. The van der Waals surface area contributed by atoms with E-state index in [1.165, 1.54) is 6.07 Å². The largest absolute Gasteiger partial charge is 0.421 e. The summed E-state index contributed by atoms with van der Waals surface area (Å²) in [5, 5.41) is -0.636. The van der Waals surface area contributed by atoms with Crippen LogP contribution in [0.2, 0.25) is 0 Å². The molecule has 3 aromatic rings. The lowest BCUT2D eigenvalue weighted by Gasteiger charge is -2.13. The Kier molecular flexibility index (Phi) is 7.81. The van der Waals surface area contributed by atoms with Gasteiger partial charge in [0.25, 0.3) is 5.56 Å². The molecule has 0 amide bonds. The third kappa shape index (κ3) is 6.05. The Morgan fingerprint density at radius 1 is 1.12 bits per heavy atom. The minimum absolute atomic E-state index is 0.126. The highest BCUT2D eigenvalue weighted by molar-refractivity contribution is 7.91. The van der Waals surface area contributed by atoms with Gasteiger partial charge in [-0.1, -0.05) is 13.3 Å². The van der Waals surface area contributed by atoms with Crippen molar-refractivity contribution < 1.29 is 21.9 Å². The van der Waals surface area contributed by atoms with E-state index in [9.17, 15) is 22.0 Å². The first-order chi connectivity index (χ1) is 16.0. The molecule has 34 heavy (non-hydrogen) atoms. The van der Waals surface area contributed by atoms with Crippen LogP contribution in [-0.2, 0) is 22.1 Å². The molecule has 0 aliphatic rings. The molecule has 10 heteroatoms. The van der Waals surface area contributed by atoms with Crippen LogP contribution in [0, 0.1) is 18.6 Å². The molecule has 0 N–H and O–H groups in total. The summed E-state index contributed by atoms with van der Waals surface area (Å²) >= 11 is 0. The molecule has 182 valence electrons. The van der Waals surface area contributed by atoms with Gasteiger partial charge in [-0.2, -0.15) is 9.97 Å². The van der Waals surface area contributed by atoms with Gasteiger partial charge in [0.2, 0.25) is 0 Å². The summed E-state index contributed by atoms with van der Waals surface area (Å²) < 4.78 is 59.5. The van der Waals surface area contributed by atoms with Gasteiger partial charge in [-0.05, 0) is 51.5 Å². The van der Waals surface area contributed by atoms with Crippen LogP contribution in [0.3, 0.4) is 0 Å². The molecule has 0 spiro atoms. The Bertz CT molecular complexity index is 1350. The van der Waals surface area contributed by atoms with Crippen LogP contribution in [0.1, 0.15) is 44.9 Å². The Hall–Kier alpha value is -3.14. The van der Waals surface area contributed by atoms with E-state index < -0.39 is 26.7 Å². The smallest absolute Gasteiger partial charge is 0.322 e. The Morgan fingerprint density at radius 2 is 1.85 bits per heavy atom. The summed E-state index contributed by atoms with van der Waals surface area (Å²) in [7, 11) is -3.51. The average Bonchev–Trinajstić information content (AvgIpc) is 2.76. The predicted octanol–water partition coefficient (Wildman–Crippen LogP) is 4.81. The molecule has 0 bridgehead atoms. The van der Waals surface area contributed by atoms with Gasteiger partial charge in [-0.15, -0.1) is 0 Å². The van der Waals surface area contributed by atoms with E-state index in [2.05, 4.69) is 9.97 Å². The number of aromatic nitrogens is 3. The molecule has 0 atom stereocenters. The van der Waals surface area contributed by atoms with Gasteiger partial charge in [0.1, 0.15) is 5.82 Å². The first kappa shape index (κ1) is 25.5. The summed E-state index contributed by atoms with van der Waals surface area (Å²) in [6.45, 7) is 7.36. The molecule has 3 rings (SSSR count). The number of ether oxygens (including phenoxy) is 1. The number of pyridine rings is 1. The van der Waals surface area contributed by atoms with Gasteiger partial charge >= 0.3 is 6.01 Å². The van der Waals surface area contributed by atoms with Crippen molar-refractivity contribution in [2.24, 2.45) is 0 Å². The van der Waals surface area contributed by atoms with E-state index in [1.807, 2.05) is 6.92 Å². The molecule has 2 heterocycles. The molecule has 0 aliphatic heterocycles. The van der Waals surface area contributed by atoms with Crippen molar-refractivity contribution in [1.82, 2.24) is 14.5 Å². The van der Waals surface area contributed by atoms with Gasteiger partial charge in [-0.25, -0.2) is 17.2 Å². The summed E-state index contributed by atoms with van der Waals surface area (Å²) in [5.41, 5.74) is 1.40. The number of halogens is 2. The fourth-order valence-electron chi connectivity index (χ4n) is 3.19. The summed E-state index contributed by atoms with van der Waals surface area (Å²) in [5.74, 6) is -2.40. The molecule has 0 saturated carbocycles. The molecule has 0 fully saturated rings. The standard InChI is InChI=1S/C24H27F2N3O4S/c1-5-6-9-29-13-17(10-16(4)23(29)30)21-12-19(14-34(31,32)15(2)3)27-24(28-21)33-22-8-7-18(25)11-20(22)26/h7-8,10-13,15H,5-6,9,14H2,1-4H3. The Balaban J connectivity index is 2.12. The van der Waals surface area contributed by atoms with Crippen LogP contribution in [-0.4, -0.2) is 28.2 Å². The SMILES string of the molecule is CCCCn1cc(-c2cc(CS(=O)(=O)C(C)C)nc(Oc3ccc(F)cc3F)n2)cc(C)c1=O. The van der Waals surface area contributed by atoms with Gasteiger partial charge in [0, 0.05) is 29.9 Å². The molecule has 7 nitrogen and oxygen atoms in total. The molecular formula is C24H27F2N3O4S. The Morgan fingerprint density at radius 3 is 2.50 bits per heavy atom. The highest BCUT2D eigenvalue weighted by atomic mass is 32.2. The summed E-state index contributed by atoms with van der Waals surface area (Å²) in [6, 6.07) is 5.66. The second-order valence-corrected chi connectivity index (χ2v) is 10.9. The van der Waals surface area contributed by atoms with E-state index >= 15 is 0 Å². The fraction of sp³-hybridized carbons (Fsp3) is 0.375. The number of hydrogen-bond acceptors (Lipinski definition) is 6. The van der Waals surface area contributed by atoms with Gasteiger partial charge in [0.15, 0.2) is 21.4 Å². The number of aryl methyl sites for hydroxylation is 2. The van der Waals surface area contributed by atoms with Gasteiger partial charge < -0.3 is 9.30 Å². The number of nitrogens with zero attached hydrogens (tertiary/aromatic N) is 3. The maximum Gasteiger partial charge on any atom is 0.322 e. The van der Waals surface area contributed by atoms with Gasteiger partial charge in [-0.3, -0.25) is 4.79 Å². The molecule has 0 unspecified atom stereocenters. The lowest BCUT2D eigenvalue weighted by Crippen LogP contribution is -2.22. The van der Waals surface area contributed by atoms with Crippen molar-refractivity contribution in [2.45, 2.75) is 58.1 Å². The van der Waals surface area contributed by atoms with Crippen molar-refractivity contribution >= 4 is 9.84 Å². The molecule has 0 radical (unpaired) electrons. The van der Waals surface area contributed by atoms with Crippen LogP contribution in [0.15, 0.2) is 41.3 Å². The van der Waals surface area contributed by atoms with Crippen LogP contribution in [0.4, 0.5) is 8.78 Å². The highest BCUT2D eigenvalue weighted by Gasteiger charge is 2.20. The van der Waals surface area contributed by atoms with Crippen molar-refractivity contribution in [3.05, 3.63) is 69.8 Å². The fourth-order valence-corrected chi connectivity index (χ4v) is 4.08. The first-order valence-corrected chi connectivity index (χ1v) is 12.7. The summed E-state index contributed by atoms with van der Waals surface area (Å²) in [4.78, 5) is 21.0. The van der Waals surface area contributed by atoms with E-state index in [1.54, 1.807) is 37.6 Å². The van der Waals surface area contributed by atoms with Crippen LogP contribution < -0.4 is 10.3 Å². The maximum absolute atomic E-state index is 14.2. The Labute approximate surface area is 197 Å². The molecule has 2 aromatic heterocycles. The second-order valence-electron chi connectivity index (χ2n) is 8.32. The predicted molar refractivity (Wildman–Crippen MR) is 126 cm³/mol. The number of unbranched alkanes of at least 4 members (excludes halogenated alkanes) is 1. The topological polar surface area (TPSA) is 91.2 Å². The zero-order chi connectivity index (χ0) is 25.0. The molecular weight excluding hydrogens is 464 g/mol. The van der Waals surface area contributed by atoms with Crippen LogP contribution >= 0.6 is 0 Å². The number of benzene rings is 1. The quantitative estimate of drug-likeness (QED) is 0.427. The van der Waals surface area contributed by atoms with E-state index in [0.717, 1.165) is 25.0 Å². The van der Waals surface area contributed by atoms with E-state index in [0.29, 0.717) is 29.4 Å².